The molecule has 1 N–H and O–H groups in total. The van der Waals surface area contributed by atoms with Gasteiger partial charge in [0.25, 0.3) is 5.91 Å². The molecule has 3 heterocycles. The van der Waals surface area contributed by atoms with Gasteiger partial charge in [-0.15, -0.1) is 24.9 Å². The highest BCUT2D eigenvalue weighted by Gasteiger charge is 2.76. The van der Waals surface area contributed by atoms with Crippen molar-refractivity contribution in [2.24, 2.45) is 11.8 Å². The van der Waals surface area contributed by atoms with Gasteiger partial charge in [-0.05, 0) is 63.5 Å². The molecule has 3 unspecified atom stereocenters. The van der Waals surface area contributed by atoms with Gasteiger partial charge in [-0.1, -0.05) is 51.8 Å². The maximum absolute atomic E-state index is 14.7. The number of thioether (sulfide) groups is 1. The van der Waals surface area contributed by atoms with E-state index in [0.29, 0.717) is 43.1 Å². The number of para-hydroxylation sites is 1. The van der Waals surface area contributed by atoms with Gasteiger partial charge in [0.2, 0.25) is 5.91 Å². The van der Waals surface area contributed by atoms with Crippen molar-refractivity contribution in [2.45, 2.75) is 72.7 Å². The third kappa shape index (κ3) is 6.15. The Morgan fingerprint density at radius 2 is 2.02 bits per heavy atom. The van der Waals surface area contributed by atoms with E-state index in [1.165, 1.54) is 0 Å². The van der Waals surface area contributed by atoms with E-state index in [-0.39, 0.29) is 41.0 Å². The second kappa shape index (κ2) is 14.1. The van der Waals surface area contributed by atoms with Crippen molar-refractivity contribution in [3.8, 4) is 0 Å². The first kappa shape index (κ1) is 32.1. The lowest BCUT2D eigenvalue weighted by Gasteiger charge is -2.38. The summed E-state index contributed by atoms with van der Waals surface area (Å²) in [5.41, 5.74) is 1.45. The number of aryl methyl sites for hydroxylation is 1. The molecule has 6 atom stereocenters. The molecule has 0 aliphatic carbocycles. The maximum atomic E-state index is 14.7. The van der Waals surface area contributed by atoms with Crippen molar-refractivity contribution in [3.05, 3.63) is 54.1 Å². The van der Waals surface area contributed by atoms with Crippen LogP contribution >= 0.6 is 39.3 Å². The summed E-state index contributed by atoms with van der Waals surface area (Å²) in [6, 6.07) is 4.73. The zero-order valence-electron chi connectivity index (χ0n) is 23.6. The SMILES string of the molecule is C=CCCCCOC(=O)[C@H]1[C@@H]2SC3(CC2Br)C(C(=O)N(CC=C)c2c(C)cccc2Cl)N(CCCCCO)C(=O)[C@H]13. The minimum Gasteiger partial charge on any atom is -0.465 e. The molecule has 3 aliphatic rings. The van der Waals surface area contributed by atoms with E-state index in [9.17, 15) is 19.5 Å². The summed E-state index contributed by atoms with van der Waals surface area (Å²) in [6.45, 7) is 10.5. The topological polar surface area (TPSA) is 87.2 Å². The number of halogens is 2. The zero-order chi connectivity index (χ0) is 29.7. The molecule has 0 saturated carbocycles. The molecule has 41 heavy (non-hydrogen) atoms. The quantitative estimate of drug-likeness (QED) is 0.112. The fourth-order valence-corrected chi connectivity index (χ4v) is 10.6. The molecule has 1 aromatic rings. The van der Waals surface area contributed by atoms with Crippen molar-refractivity contribution in [1.82, 2.24) is 4.90 Å². The van der Waals surface area contributed by atoms with E-state index in [2.05, 4.69) is 29.1 Å². The minimum atomic E-state index is -0.773. The number of rotatable bonds is 15. The van der Waals surface area contributed by atoms with E-state index >= 15 is 0 Å². The fourth-order valence-electron chi connectivity index (χ4n) is 6.68. The van der Waals surface area contributed by atoms with Crippen LogP contribution in [0.4, 0.5) is 5.69 Å². The Bertz CT molecular complexity index is 1150. The van der Waals surface area contributed by atoms with Crippen molar-refractivity contribution in [2.75, 3.05) is 31.2 Å². The number of hydrogen-bond acceptors (Lipinski definition) is 6. The number of ether oxygens (including phenoxy) is 1. The highest BCUT2D eigenvalue weighted by atomic mass is 79.9. The van der Waals surface area contributed by atoms with Crippen LogP contribution in [-0.2, 0) is 19.1 Å². The molecule has 10 heteroatoms. The van der Waals surface area contributed by atoms with Crippen LogP contribution in [0.5, 0.6) is 0 Å². The molecule has 1 aromatic carbocycles. The molecule has 4 rings (SSSR count). The average Bonchev–Trinajstić information content (AvgIpc) is 3.53. The number of esters is 1. The molecule has 0 radical (unpaired) electrons. The number of anilines is 1. The Hall–Kier alpha value is -1.81. The first-order valence-corrected chi connectivity index (χ1v) is 16.6. The number of hydrogen-bond donors (Lipinski definition) is 1. The predicted octanol–water partition coefficient (Wildman–Crippen LogP) is 5.69. The average molecular weight is 668 g/mol. The van der Waals surface area contributed by atoms with Gasteiger partial charge in [-0.3, -0.25) is 14.4 Å². The summed E-state index contributed by atoms with van der Waals surface area (Å²) in [7, 11) is 0. The van der Waals surface area contributed by atoms with Gasteiger partial charge in [0.15, 0.2) is 0 Å². The van der Waals surface area contributed by atoms with E-state index < -0.39 is 22.6 Å². The highest BCUT2D eigenvalue weighted by molar-refractivity contribution is 9.09. The third-order valence-electron chi connectivity index (χ3n) is 8.44. The summed E-state index contributed by atoms with van der Waals surface area (Å²) >= 11 is 12.0. The number of benzene rings is 1. The lowest BCUT2D eigenvalue weighted by atomic mass is 9.71. The number of aliphatic hydroxyl groups is 1. The van der Waals surface area contributed by atoms with Gasteiger partial charge >= 0.3 is 5.97 Å². The number of alkyl halides is 1. The van der Waals surface area contributed by atoms with Crippen molar-refractivity contribution in [1.29, 1.82) is 0 Å². The molecule has 0 aromatic heterocycles. The van der Waals surface area contributed by atoms with Crippen LogP contribution < -0.4 is 4.90 Å². The van der Waals surface area contributed by atoms with Crippen LogP contribution in [-0.4, -0.2) is 75.0 Å². The fraction of sp³-hybridized carbons (Fsp3) is 0.581. The van der Waals surface area contributed by atoms with Crippen LogP contribution in [0.25, 0.3) is 0 Å². The summed E-state index contributed by atoms with van der Waals surface area (Å²) in [4.78, 5) is 45.8. The van der Waals surface area contributed by atoms with E-state index in [0.717, 1.165) is 31.2 Å². The largest absolute Gasteiger partial charge is 0.465 e. The Kier molecular flexibility index (Phi) is 11.0. The maximum Gasteiger partial charge on any atom is 0.310 e. The van der Waals surface area contributed by atoms with Gasteiger partial charge in [0, 0.05) is 29.8 Å². The molecular weight excluding hydrogens is 628 g/mol. The second-order valence-corrected chi connectivity index (χ2v) is 14.2. The van der Waals surface area contributed by atoms with Gasteiger partial charge < -0.3 is 19.6 Å². The third-order valence-corrected chi connectivity index (χ3v) is 12.0. The molecule has 2 bridgehead atoms. The Labute approximate surface area is 260 Å². The normalized spacial score (nSPS) is 28.0. The van der Waals surface area contributed by atoms with Gasteiger partial charge in [-0.2, -0.15) is 0 Å². The Balaban J connectivity index is 1.70. The summed E-state index contributed by atoms with van der Waals surface area (Å²) < 4.78 is 4.95. The molecule has 3 aliphatic heterocycles. The lowest BCUT2D eigenvalue weighted by molar-refractivity contribution is -0.154. The lowest BCUT2D eigenvalue weighted by Crippen LogP contribution is -2.55. The smallest absolute Gasteiger partial charge is 0.310 e. The molecule has 224 valence electrons. The van der Waals surface area contributed by atoms with Crippen LogP contribution in [0, 0.1) is 18.8 Å². The van der Waals surface area contributed by atoms with Gasteiger partial charge in [-0.25, -0.2) is 0 Å². The monoisotopic (exact) mass is 666 g/mol. The van der Waals surface area contributed by atoms with Crippen LogP contribution in [0.15, 0.2) is 43.5 Å². The number of nitrogens with zero attached hydrogens (tertiary/aromatic N) is 2. The van der Waals surface area contributed by atoms with E-state index in [4.69, 9.17) is 16.3 Å². The molecule has 1 spiro atoms. The van der Waals surface area contributed by atoms with Crippen LogP contribution in [0.2, 0.25) is 5.02 Å². The summed E-state index contributed by atoms with van der Waals surface area (Å²) in [5, 5.41) is 9.58. The number of allylic oxidation sites excluding steroid dienone is 1. The zero-order valence-corrected chi connectivity index (χ0v) is 26.8. The van der Waals surface area contributed by atoms with Crippen molar-refractivity contribution < 1.29 is 24.2 Å². The van der Waals surface area contributed by atoms with Crippen molar-refractivity contribution >= 4 is 62.8 Å². The van der Waals surface area contributed by atoms with Crippen LogP contribution in [0.1, 0.15) is 50.5 Å². The molecule has 2 amide bonds. The highest BCUT2D eigenvalue weighted by Crippen LogP contribution is 2.68. The second-order valence-electron chi connectivity index (χ2n) is 11.1. The summed E-state index contributed by atoms with van der Waals surface area (Å²) in [6.07, 6.45) is 8.57. The molecule has 7 nitrogen and oxygen atoms in total. The molecule has 3 saturated heterocycles. The Morgan fingerprint density at radius 3 is 2.71 bits per heavy atom. The first-order chi connectivity index (χ1) is 19.7. The minimum absolute atomic E-state index is 0.0330. The first-order valence-electron chi connectivity index (χ1n) is 14.4. The molecule has 3 fully saturated rings. The summed E-state index contributed by atoms with van der Waals surface area (Å²) in [5.74, 6) is -2.01. The van der Waals surface area contributed by atoms with Crippen LogP contribution in [0.3, 0.4) is 0 Å². The van der Waals surface area contributed by atoms with E-state index in [1.54, 1.807) is 33.7 Å². The number of likely N-dealkylation sites (tertiary alicyclic amines) is 1. The number of carbonyl (C=O) groups is 3. The molecular formula is C31H40BrClN2O5S. The predicted molar refractivity (Wildman–Crippen MR) is 169 cm³/mol. The number of carbonyl (C=O) groups excluding carboxylic acids is 3. The van der Waals surface area contributed by atoms with E-state index in [1.807, 2.05) is 25.1 Å². The number of unbranched alkanes of at least 4 members (excludes halogenated alkanes) is 4. The van der Waals surface area contributed by atoms with Gasteiger partial charge in [0.1, 0.15) is 6.04 Å². The number of fused-ring (bicyclic) bond motifs is 1. The standard InChI is InChI=1S/C31H40BrClN2O5S/c1-4-6-7-11-18-40-30(39)23-24-28(37)35(16-9-8-10-17-36)27(31(24)19-21(32)26(23)41-31)29(38)34(15-5-2)25-20(3)13-12-14-22(25)33/h4-5,12-14,21,23-24,26-27,36H,1-2,6-11,15-19H2,3H3/t21?,23-,24+,26-,27?,31?/m1/s1. The number of aliphatic hydroxyl groups excluding tert-OH is 1. The Morgan fingerprint density at radius 1 is 1.24 bits per heavy atom. The van der Waals surface area contributed by atoms with Crippen molar-refractivity contribution in [3.63, 3.8) is 0 Å². The number of amides is 2. The van der Waals surface area contributed by atoms with Gasteiger partial charge in [0.05, 0.1) is 33.9 Å².